The third-order valence-corrected chi connectivity index (χ3v) is 3.91. The van der Waals surface area contributed by atoms with E-state index in [0.29, 0.717) is 0 Å². The van der Waals surface area contributed by atoms with Gasteiger partial charge in [-0.25, -0.2) is 4.79 Å². The number of aliphatic hydroxyl groups is 1. The Bertz CT molecular complexity index is 506. The normalized spacial score (nSPS) is 19.8. The van der Waals surface area contributed by atoms with Crippen molar-refractivity contribution in [2.45, 2.75) is 59.2 Å². The second kappa shape index (κ2) is 6.01. The fourth-order valence-corrected chi connectivity index (χ4v) is 2.36. The van der Waals surface area contributed by atoms with Gasteiger partial charge in [-0.15, -0.1) is 10.2 Å². The highest BCUT2D eigenvalue weighted by atomic mass is 16.3. The zero-order valence-electron chi connectivity index (χ0n) is 13.2. The van der Waals surface area contributed by atoms with Crippen LogP contribution in [-0.2, 0) is 6.54 Å². The van der Waals surface area contributed by atoms with Gasteiger partial charge in [-0.05, 0) is 25.2 Å². The fourth-order valence-electron chi connectivity index (χ4n) is 2.36. The number of amides is 2. The van der Waals surface area contributed by atoms with Crippen LogP contribution < -0.4 is 10.6 Å². The highest BCUT2D eigenvalue weighted by Gasteiger charge is 2.26. The van der Waals surface area contributed by atoms with Gasteiger partial charge in [-0.3, -0.25) is 0 Å². The van der Waals surface area contributed by atoms with Crippen LogP contribution in [0.2, 0.25) is 0 Å². The molecule has 2 amide bonds. The lowest BCUT2D eigenvalue weighted by Crippen LogP contribution is -2.45. The number of hydrogen-bond donors (Lipinski definition) is 3. The molecule has 2 atom stereocenters. The van der Waals surface area contributed by atoms with Gasteiger partial charge in [0.15, 0.2) is 5.82 Å². The van der Waals surface area contributed by atoms with E-state index in [2.05, 4.69) is 20.8 Å². The molecule has 2 unspecified atom stereocenters. The van der Waals surface area contributed by atoms with E-state index in [4.69, 9.17) is 0 Å². The molecule has 21 heavy (non-hydrogen) atoms. The standard InChI is InChI=1S/C14H25N5O2/c1-9-17-18-12-10(6-5-7-19(9)12)16-13(21)15-8-11(20)14(2,3)4/h10-11,20H,5-8H2,1-4H3,(H2,15,16,21). The van der Waals surface area contributed by atoms with Crippen molar-refractivity contribution in [2.24, 2.45) is 5.41 Å². The molecule has 1 aliphatic heterocycles. The van der Waals surface area contributed by atoms with Crippen molar-refractivity contribution >= 4 is 6.03 Å². The molecule has 0 aliphatic carbocycles. The summed E-state index contributed by atoms with van der Waals surface area (Å²) in [7, 11) is 0. The lowest BCUT2D eigenvalue weighted by atomic mass is 9.89. The van der Waals surface area contributed by atoms with Crippen molar-refractivity contribution in [1.29, 1.82) is 0 Å². The molecule has 0 bridgehead atoms. The maximum atomic E-state index is 12.0. The number of fused-ring (bicyclic) bond motifs is 1. The van der Waals surface area contributed by atoms with E-state index in [1.165, 1.54) is 0 Å². The molecular weight excluding hydrogens is 270 g/mol. The minimum Gasteiger partial charge on any atom is -0.391 e. The van der Waals surface area contributed by atoms with Crippen molar-refractivity contribution in [3.05, 3.63) is 11.6 Å². The number of aliphatic hydroxyl groups excluding tert-OH is 1. The predicted molar refractivity (Wildman–Crippen MR) is 78.7 cm³/mol. The smallest absolute Gasteiger partial charge is 0.315 e. The molecular formula is C14H25N5O2. The zero-order valence-corrected chi connectivity index (χ0v) is 13.2. The molecule has 7 nitrogen and oxygen atoms in total. The molecule has 0 saturated carbocycles. The third kappa shape index (κ3) is 3.72. The molecule has 7 heteroatoms. The first-order valence-corrected chi connectivity index (χ1v) is 7.41. The number of carbonyl (C=O) groups is 1. The molecule has 0 radical (unpaired) electrons. The molecule has 2 heterocycles. The molecule has 1 aromatic rings. The Morgan fingerprint density at radius 2 is 2.19 bits per heavy atom. The Morgan fingerprint density at radius 1 is 1.48 bits per heavy atom. The third-order valence-electron chi connectivity index (χ3n) is 3.91. The van der Waals surface area contributed by atoms with Gasteiger partial charge in [0.05, 0.1) is 12.1 Å². The van der Waals surface area contributed by atoms with E-state index in [9.17, 15) is 9.90 Å². The Morgan fingerprint density at radius 3 is 2.86 bits per heavy atom. The number of nitrogens with zero attached hydrogens (tertiary/aromatic N) is 3. The minimum atomic E-state index is -0.583. The summed E-state index contributed by atoms with van der Waals surface area (Å²) in [5.74, 6) is 1.69. The lowest BCUT2D eigenvalue weighted by Gasteiger charge is -2.27. The van der Waals surface area contributed by atoms with Gasteiger partial charge in [0, 0.05) is 13.1 Å². The van der Waals surface area contributed by atoms with Gasteiger partial charge in [0.25, 0.3) is 0 Å². The van der Waals surface area contributed by atoms with Gasteiger partial charge >= 0.3 is 6.03 Å². The number of aromatic nitrogens is 3. The maximum Gasteiger partial charge on any atom is 0.315 e. The van der Waals surface area contributed by atoms with Crippen LogP contribution in [0.15, 0.2) is 0 Å². The second-order valence-electron chi connectivity index (χ2n) is 6.69. The molecule has 118 valence electrons. The summed E-state index contributed by atoms with van der Waals surface area (Å²) in [4.78, 5) is 12.0. The van der Waals surface area contributed by atoms with Gasteiger partial charge in [-0.1, -0.05) is 20.8 Å². The Labute approximate surface area is 125 Å². The van der Waals surface area contributed by atoms with Gasteiger partial charge in [0.1, 0.15) is 5.82 Å². The Kier molecular flexibility index (Phi) is 4.51. The summed E-state index contributed by atoms with van der Waals surface area (Å²) in [5.41, 5.74) is -0.255. The molecule has 0 fully saturated rings. The van der Waals surface area contributed by atoms with E-state index >= 15 is 0 Å². The van der Waals surface area contributed by atoms with Crippen LogP contribution in [0.3, 0.4) is 0 Å². The molecule has 3 N–H and O–H groups in total. The van der Waals surface area contributed by atoms with Crippen LogP contribution in [0.4, 0.5) is 4.79 Å². The van der Waals surface area contributed by atoms with Crippen LogP contribution in [-0.4, -0.2) is 38.6 Å². The summed E-state index contributed by atoms with van der Waals surface area (Å²) < 4.78 is 2.04. The van der Waals surface area contributed by atoms with E-state index in [1.54, 1.807) is 0 Å². The molecule has 0 aromatic carbocycles. The number of aryl methyl sites for hydroxylation is 1. The van der Waals surface area contributed by atoms with Gasteiger partial charge in [0.2, 0.25) is 0 Å². The summed E-state index contributed by atoms with van der Waals surface area (Å²) in [5, 5.41) is 23.8. The quantitative estimate of drug-likeness (QED) is 0.779. The topological polar surface area (TPSA) is 92.1 Å². The summed E-state index contributed by atoms with van der Waals surface area (Å²) in [6.07, 6.45) is 1.26. The van der Waals surface area contributed by atoms with Crippen molar-refractivity contribution in [3.63, 3.8) is 0 Å². The minimum absolute atomic E-state index is 0.119. The molecule has 2 rings (SSSR count). The van der Waals surface area contributed by atoms with Crippen molar-refractivity contribution < 1.29 is 9.90 Å². The first kappa shape index (κ1) is 15.8. The summed E-state index contributed by atoms with van der Waals surface area (Å²) in [6.45, 7) is 8.85. The van der Waals surface area contributed by atoms with E-state index in [-0.39, 0.29) is 24.0 Å². The van der Waals surface area contributed by atoms with E-state index in [1.807, 2.05) is 32.3 Å². The lowest BCUT2D eigenvalue weighted by molar-refractivity contribution is 0.0648. The Hall–Kier alpha value is -1.63. The largest absolute Gasteiger partial charge is 0.391 e. The average molecular weight is 295 g/mol. The van der Waals surface area contributed by atoms with Crippen LogP contribution in [0.25, 0.3) is 0 Å². The highest BCUT2D eigenvalue weighted by Crippen LogP contribution is 2.23. The number of hydrogen-bond acceptors (Lipinski definition) is 4. The van der Waals surface area contributed by atoms with Crippen molar-refractivity contribution in [2.75, 3.05) is 6.54 Å². The van der Waals surface area contributed by atoms with E-state index in [0.717, 1.165) is 31.0 Å². The number of urea groups is 1. The van der Waals surface area contributed by atoms with Crippen LogP contribution >= 0.6 is 0 Å². The highest BCUT2D eigenvalue weighted by molar-refractivity contribution is 5.74. The van der Waals surface area contributed by atoms with Crippen LogP contribution in [0.5, 0.6) is 0 Å². The van der Waals surface area contributed by atoms with Gasteiger partial charge in [-0.2, -0.15) is 0 Å². The first-order chi connectivity index (χ1) is 9.79. The second-order valence-corrected chi connectivity index (χ2v) is 6.69. The van der Waals surface area contributed by atoms with E-state index < -0.39 is 6.10 Å². The molecule has 1 aliphatic rings. The van der Waals surface area contributed by atoms with Crippen LogP contribution in [0, 0.1) is 12.3 Å². The van der Waals surface area contributed by atoms with Crippen molar-refractivity contribution in [1.82, 2.24) is 25.4 Å². The fraction of sp³-hybridized carbons (Fsp3) is 0.786. The van der Waals surface area contributed by atoms with Crippen molar-refractivity contribution in [3.8, 4) is 0 Å². The maximum absolute atomic E-state index is 12.0. The number of rotatable bonds is 3. The Balaban J connectivity index is 1.89. The monoisotopic (exact) mass is 295 g/mol. The van der Waals surface area contributed by atoms with Gasteiger partial charge < -0.3 is 20.3 Å². The average Bonchev–Trinajstić information content (AvgIpc) is 2.78. The SMILES string of the molecule is Cc1nnc2n1CCCC2NC(=O)NCC(O)C(C)(C)C. The summed E-state index contributed by atoms with van der Waals surface area (Å²) >= 11 is 0. The zero-order chi connectivity index (χ0) is 15.6. The van der Waals surface area contributed by atoms with Crippen LogP contribution in [0.1, 0.15) is 51.3 Å². The summed E-state index contributed by atoms with van der Waals surface area (Å²) in [6, 6.07) is -0.399. The molecule has 0 saturated heterocycles. The molecule has 1 aromatic heterocycles. The molecule has 0 spiro atoms. The first-order valence-electron chi connectivity index (χ1n) is 7.41. The number of nitrogens with one attached hydrogen (secondary N) is 2. The predicted octanol–water partition coefficient (Wildman–Crippen LogP) is 1.13. The number of carbonyl (C=O) groups excluding carboxylic acids is 1.